The third-order valence-corrected chi connectivity index (χ3v) is 2.88. The van der Waals surface area contributed by atoms with Crippen molar-refractivity contribution in [1.29, 1.82) is 0 Å². The molecule has 1 fully saturated rings. The van der Waals surface area contributed by atoms with E-state index < -0.39 is 43.1 Å². The Morgan fingerprint density at radius 3 is 2.22 bits per heavy atom. The van der Waals surface area contributed by atoms with Crippen molar-refractivity contribution in [1.82, 2.24) is 0 Å². The molecule has 1 aliphatic rings. The molecular weight excluding hydrogens is 244 g/mol. The van der Waals surface area contributed by atoms with Gasteiger partial charge in [-0.1, -0.05) is 5.57 Å². The summed E-state index contributed by atoms with van der Waals surface area (Å²) in [5.74, 6) is -1.11. The van der Waals surface area contributed by atoms with Crippen LogP contribution in [0.4, 0.5) is 0 Å². The number of carboxylic acid groups (broad SMARTS) is 1. The minimum atomic E-state index is -1.43. The van der Waals surface area contributed by atoms with Gasteiger partial charge in [-0.2, -0.15) is 0 Å². The molecule has 1 heterocycles. The highest BCUT2D eigenvalue weighted by atomic mass is 16.5. The lowest BCUT2D eigenvalue weighted by Gasteiger charge is -2.40. The van der Waals surface area contributed by atoms with E-state index in [1.807, 2.05) is 0 Å². The van der Waals surface area contributed by atoms with Crippen molar-refractivity contribution >= 4 is 5.97 Å². The monoisotopic (exact) mass is 262 g/mol. The van der Waals surface area contributed by atoms with Gasteiger partial charge in [0, 0.05) is 6.08 Å². The van der Waals surface area contributed by atoms with Crippen LogP contribution in [0.5, 0.6) is 0 Å². The number of aliphatic carboxylic acids is 1. The number of aliphatic hydroxyl groups is 4. The molecule has 0 bridgehead atoms. The normalized spacial score (nSPS) is 37.6. The van der Waals surface area contributed by atoms with E-state index in [4.69, 9.17) is 14.9 Å². The molecule has 0 spiro atoms. The lowest BCUT2D eigenvalue weighted by Crippen LogP contribution is -2.58. The number of rotatable bonds is 4. The van der Waals surface area contributed by atoms with Gasteiger partial charge in [0.25, 0.3) is 0 Å². The standard InChI is InChI=1S/C11H18O7/c1-5(3-8(13)14)2-6-9(15)11(17)10(16)7(4-12)18-6/h3,6-7,9-12,15-17H,2,4H2,1H3,(H,13,14)/b5-3+/t6-,7+,9+,10-,11+/m0/s1. The fourth-order valence-corrected chi connectivity index (χ4v) is 1.93. The summed E-state index contributed by atoms with van der Waals surface area (Å²) in [6.07, 6.45) is -4.93. The van der Waals surface area contributed by atoms with E-state index in [1.54, 1.807) is 6.92 Å². The van der Waals surface area contributed by atoms with Crippen LogP contribution in [0.1, 0.15) is 13.3 Å². The van der Waals surface area contributed by atoms with Gasteiger partial charge in [-0.05, 0) is 13.3 Å². The van der Waals surface area contributed by atoms with Crippen molar-refractivity contribution in [2.45, 2.75) is 43.9 Å². The summed E-state index contributed by atoms with van der Waals surface area (Å²) in [4.78, 5) is 10.5. The predicted molar refractivity (Wildman–Crippen MR) is 59.8 cm³/mol. The average Bonchev–Trinajstić information content (AvgIpc) is 2.29. The third kappa shape index (κ3) is 3.50. The van der Waals surface area contributed by atoms with Gasteiger partial charge in [-0.25, -0.2) is 4.79 Å². The highest BCUT2D eigenvalue weighted by Crippen LogP contribution is 2.25. The second kappa shape index (κ2) is 6.26. The molecule has 0 unspecified atom stereocenters. The largest absolute Gasteiger partial charge is 0.478 e. The molecular formula is C11H18O7. The highest BCUT2D eigenvalue weighted by Gasteiger charge is 2.43. The quantitative estimate of drug-likeness (QED) is 0.380. The van der Waals surface area contributed by atoms with Crippen LogP contribution < -0.4 is 0 Å². The second-order valence-corrected chi connectivity index (χ2v) is 4.40. The first kappa shape index (κ1) is 15.1. The van der Waals surface area contributed by atoms with E-state index in [0.29, 0.717) is 5.57 Å². The molecule has 1 rings (SSSR count). The molecule has 0 radical (unpaired) electrons. The number of carboxylic acids is 1. The Labute approximate surface area is 104 Å². The Hall–Kier alpha value is -0.990. The zero-order valence-electron chi connectivity index (χ0n) is 9.93. The Kier molecular flexibility index (Phi) is 5.24. The molecule has 1 aliphatic heterocycles. The van der Waals surface area contributed by atoms with Gasteiger partial charge in [-0.3, -0.25) is 0 Å². The van der Waals surface area contributed by atoms with Gasteiger partial charge in [0.15, 0.2) is 0 Å². The molecule has 104 valence electrons. The number of aliphatic hydroxyl groups excluding tert-OH is 4. The molecule has 0 aromatic rings. The van der Waals surface area contributed by atoms with Crippen molar-refractivity contribution in [3.63, 3.8) is 0 Å². The molecule has 5 N–H and O–H groups in total. The highest BCUT2D eigenvalue weighted by molar-refractivity contribution is 5.80. The van der Waals surface area contributed by atoms with Crippen LogP contribution in [0.2, 0.25) is 0 Å². The van der Waals surface area contributed by atoms with E-state index in [2.05, 4.69) is 0 Å². The molecule has 7 nitrogen and oxygen atoms in total. The maximum absolute atomic E-state index is 10.5. The Balaban J connectivity index is 2.73. The molecule has 0 saturated carbocycles. The minimum absolute atomic E-state index is 0.0910. The molecule has 18 heavy (non-hydrogen) atoms. The van der Waals surface area contributed by atoms with Crippen LogP contribution in [0.25, 0.3) is 0 Å². The van der Waals surface area contributed by atoms with Gasteiger partial charge in [0.2, 0.25) is 0 Å². The topological polar surface area (TPSA) is 127 Å². The van der Waals surface area contributed by atoms with Gasteiger partial charge in [0.1, 0.15) is 24.4 Å². The fourth-order valence-electron chi connectivity index (χ4n) is 1.93. The predicted octanol–water partition coefficient (Wildman–Crippen LogP) is -1.75. The van der Waals surface area contributed by atoms with Crippen LogP contribution in [-0.4, -0.2) is 68.6 Å². The number of carbonyl (C=O) groups is 1. The van der Waals surface area contributed by atoms with Gasteiger partial charge >= 0.3 is 5.97 Å². The second-order valence-electron chi connectivity index (χ2n) is 4.40. The third-order valence-electron chi connectivity index (χ3n) is 2.88. The van der Waals surface area contributed by atoms with E-state index in [1.165, 1.54) is 0 Å². The van der Waals surface area contributed by atoms with Crippen molar-refractivity contribution in [3.05, 3.63) is 11.6 Å². The van der Waals surface area contributed by atoms with E-state index >= 15 is 0 Å². The zero-order chi connectivity index (χ0) is 13.9. The van der Waals surface area contributed by atoms with Gasteiger partial charge in [0.05, 0.1) is 12.7 Å². The maximum Gasteiger partial charge on any atom is 0.328 e. The van der Waals surface area contributed by atoms with Crippen LogP contribution in [0.15, 0.2) is 11.6 Å². The Bertz CT molecular complexity index is 325. The van der Waals surface area contributed by atoms with Crippen molar-refractivity contribution in [2.75, 3.05) is 6.61 Å². The minimum Gasteiger partial charge on any atom is -0.478 e. The molecule has 7 heteroatoms. The van der Waals surface area contributed by atoms with Crippen molar-refractivity contribution in [2.24, 2.45) is 0 Å². The first-order valence-electron chi connectivity index (χ1n) is 5.57. The fraction of sp³-hybridized carbons (Fsp3) is 0.727. The first-order valence-corrected chi connectivity index (χ1v) is 5.57. The summed E-state index contributed by atoms with van der Waals surface area (Å²) in [5.41, 5.74) is 0.451. The van der Waals surface area contributed by atoms with Crippen molar-refractivity contribution in [3.8, 4) is 0 Å². The lowest BCUT2D eigenvalue weighted by molar-refractivity contribution is -0.228. The molecule has 0 aliphatic carbocycles. The summed E-state index contributed by atoms with van der Waals surface area (Å²) in [5, 5.41) is 46.3. The van der Waals surface area contributed by atoms with Crippen LogP contribution in [0, 0.1) is 0 Å². The molecule has 5 atom stereocenters. The lowest BCUT2D eigenvalue weighted by atomic mass is 9.92. The number of ether oxygens (including phenoxy) is 1. The zero-order valence-corrected chi connectivity index (χ0v) is 9.93. The van der Waals surface area contributed by atoms with Crippen LogP contribution in [-0.2, 0) is 9.53 Å². The summed E-state index contributed by atoms with van der Waals surface area (Å²) in [7, 11) is 0. The Morgan fingerprint density at radius 2 is 1.72 bits per heavy atom. The van der Waals surface area contributed by atoms with Gasteiger partial charge in [-0.15, -0.1) is 0 Å². The van der Waals surface area contributed by atoms with E-state index in [-0.39, 0.29) is 6.42 Å². The maximum atomic E-state index is 10.5. The molecule has 0 aromatic carbocycles. The number of hydrogen-bond donors (Lipinski definition) is 5. The summed E-state index contributed by atoms with van der Waals surface area (Å²) >= 11 is 0. The Morgan fingerprint density at radius 1 is 1.17 bits per heavy atom. The average molecular weight is 262 g/mol. The van der Waals surface area contributed by atoms with Crippen LogP contribution >= 0.6 is 0 Å². The first-order chi connectivity index (χ1) is 8.36. The van der Waals surface area contributed by atoms with Crippen molar-refractivity contribution < 1.29 is 35.1 Å². The molecule has 0 aromatic heterocycles. The smallest absolute Gasteiger partial charge is 0.328 e. The summed E-state index contributed by atoms with van der Waals surface area (Å²) < 4.78 is 5.24. The summed E-state index contributed by atoms with van der Waals surface area (Å²) in [6, 6.07) is 0. The number of hydrogen-bond acceptors (Lipinski definition) is 6. The van der Waals surface area contributed by atoms with Gasteiger partial charge < -0.3 is 30.3 Å². The van der Waals surface area contributed by atoms with E-state index in [0.717, 1.165) is 6.08 Å². The summed E-state index contributed by atoms with van der Waals surface area (Å²) in [6.45, 7) is 1.05. The molecule has 1 saturated heterocycles. The molecule has 0 amide bonds. The van der Waals surface area contributed by atoms with E-state index in [9.17, 15) is 20.1 Å². The SMILES string of the molecule is C/C(=C\C(=O)O)C[C@@H]1O[C@H](CO)[C@H](O)[C@H](O)[C@@H]1O. The van der Waals surface area contributed by atoms with Crippen LogP contribution in [0.3, 0.4) is 0 Å².